The fraction of sp³-hybridized carbons (Fsp3) is 0.538. The molecule has 90 valence electrons. The highest BCUT2D eigenvalue weighted by Crippen LogP contribution is 2.20. The Balaban J connectivity index is 2.72. The van der Waals surface area contributed by atoms with Crippen LogP contribution in [0.3, 0.4) is 0 Å². The number of hydrogen-bond acceptors (Lipinski definition) is 2. The molecule has 0 bridgehead atoms. The van der Waals surface area contributed by atoms with Crippen LogP contribution in [0.15, 0.2) is 24.3 Å². The highest BCUT2D eigenvalue weighted by molar-refractivity contribution is 5.21. The van der Waals surface area contributed by atoms with Gasteiger partial charge < -0.3 is 10.4 Å². The monoisotopic (exact) mass is 225 g/mol. The van der Waals surface area contributed by atoms with Gasteiger partial charge in [0.15, 0.2) is 0 Å². The van der Waals surface area contributed by atoms with E-state index in [1.54, 1.807) is 26.0 Å². The highest BCUT2D eigenvalue weighted by atomic mass is 19.1. The third kappa shape index (κ3) is 3.91. The van der Waals surface area contributed by atoms with Gasteiger partial charge in [-0.2, -0.15) is 0 Å². The number of benzene rings is 1. The Morgan fingerprint density at radius 1 is 1.38 bits per heavy atom. The van der Waals surface area contributed by atoms with E-state index in [2.05, 4.69) is 5.32 Å². The predicted octanol–water partition coefficient (Wildman–Crippen LogP) is 2.64. The molecule has 1 aromatic carbocycles. The summed E-state index contributed by atoms with van der Waals surface area (Å²) in [6.45, 7) is 5.90. The van der Waals surface area contributed by atoms with Crippen molar-refractivity contribution in [1.29, 1.82) is 0 Å². The molecule has 16 heavy (non-hydrogen) atoms. The van der Waals surface area contributed by atoms with Crippen molar-refractivity contribution in [3.8, 4) is 0 Å². The van der Waals surface area contributed by atoms with E-state index >= 15 is 0 Å². The summed E-state index contributed by atoms with van der Waals surface area (Å²) in [7, 11) is 0. The number of aliphatic hydroxyl groups is 1. The molecule has 0 saturated heterocycles. The van der Waals surface area contributed by atoms with Gasteiger partial charge in [0.1, 0.15) is 5.82 Å². The zero-order valence-corrected chi connectivity index (χ0v) is 10.1. The van der Waals surface area contributed by atoms with E-state index in [9.17, 15) is 9.50 Å². The second-order valence-electron chi connectivity index (χ2n) is 4.68. The lowest BCUT2D eigenvalue weighted by Crippen LogP contribution is -2.37. The Bertz CT molecular complexity index is 333. The molecular weight excluding hydrogens is 205 g/mol. The average molecular weight is 225 g/mol. The van der Waals surface area contributed by atoms with Gasteiger partial charge in [-0.3, -0.25) is 0 Å². The van der Waals surface area contributed by atoms with Gasteiger partial charge in [0.25, 0.3) is 0 Å². The standard InChI is InChI=1S/C13H20FNO/c1-4-12(15-9-13(2,3)16)10-7-5-6-8-11(10)14/h5-8,12,15-16H,4,9H2,1-3H3. The summed E-state index contributed by atoms with van der Waals surface area (Å²) in [5, 5.41) is 12.8. The van der Waals surface area contributed by atoms with Gasteiger partial charge in [0.2, 0.25) is 0 Å². The molecule has 0 aromatic heterocycles. The average Bonchev–Trinajstić information content (AvgIpc) is 2.20. The highest BCUT2D eigenvalue weighted by Gasteiger charge is 2.17. The Labute approximate surface area is 96.5 Å². The first-order chi connectivity index (χ1) is 7.44. The first-order valence-electron chi connectivity index (χ1n) is 5.64. The zero-order valence-electron chi connectivity index (χ0n) is 10.1. The summed E-state index contributed by atoms with van der Waals surface area (Å²) < 4.78 is 13.5. The Morgan fingerprint density at radius 3 is 2.50 bits per heavy atom. The maximum atomic E-state index is 13.5. The van der Waals surface area contributed by atoms with Gasteiger partial charge in [0, 0.05) is 18.2 Å². The maximum Gasteiger partial charge on any atom is 0.127 e. The minimum absolute atomic E-state index is 0.0485. The summed E-state index contributed by atoms with van der Waals surface area (Å²) in [6, 6.07) is 6.70. The molecule has 2 nitrogen and oxygen atoms in total. The largest absolute Gasteiger partial charge is 0.389 e. The summed E-state index contributed by atoms with van der Waals surface area (Å²) in [6.07, 6.45) is 0.789. The lowest BCUT2D eigenvalue weighted by atomic mass is 10.0. The van der Waals surface area contributed by atoms with Crippen molar-refractivity contribution in [2.24, 2.45) is 0 Å². The summed E-state index contributed by atoms with van der Waals surface area (Å²) in [5.41, 5.74) is -0.118. The molecule has 0 spiro atoms. The van der Waals surface area contributed by atoms with Crippen LogP contribution in [0.2, 0.25) is 0 Å². The van der Waals surface area contributed by atoms with E-state index in [1.807, 2.05) is 13.0 Å². The molecule has 3 heteroatoms. The first kappa shape index (κ1) is 13.1. The molecule has 0 aliphatic rings. The van der Waals surface area contributed by atoms with Gasteiger partial charge in [-0.05, 0) is 26.3 Å². The van der Waals surface area contributed by atoms with Crippen molar-refractivity contribution in [2.45, 2.75) is 38.8 Å². The number of nitrogens with one attached hydrogen (secondary N) is 1. The molecule has 0 heterocycles. The topological polar surface area (TPSA) is 32.3 Å². The molecule has 1 unspecified atom stereocenters. The second kappa shape index (κ2) is 5.41. The number of hydrogen-bond donors (Lipinski definition) is 2. The van der Waals surface area contributed by atoms with Gasteiger partial charge in [-0.15, -0.1) is 0 Å². The van der Waals surface area contributed by atoms with Crippen LogP contribution in [0.5, 0.6) is 0 Å². The molecule has 1 aromatic rings. The van der Waals surface area contributed by atoms with Crippen LogP contribution in [-0.4, -0.2) is 17.3 Å². The summed E-state index contributed by atoms with van der Waals surface area (Å²) in [5.74, 6) is -0.197. The normalized spacial score (nSPS) is 13.8. The van der Waals surface area contributed by atoms with Crippen LogP contribution in [0.25, 0.3) is 0 Å². The molecule has 0 amide bonds. The smallest absolute Gasteiger partial charge is 0.127 e. The predicted molar refractivity (Wildman–Crippen MR) is 63.7 cm³/mol. The second-order valence-corrected chi connectivity index (χ2v) is 4.68. The van der Waals surface area contributed by atoms with Gasteiger partial charge in [-0.1, -0.05) is 25.1 Å². The van der Waals surface area contributed by atoms with Crippen molar-refractivity contribution < 1.29 is 9.50 Å². The summed E-state index contributed by atoms with van der Waals surface area (Å²) >= 11 is 0. The van der Waals surface area contributed by atoms with Crippen molar-refractivity contribution in [2.75, 3.05) is 6.54 Å². The molecule has 1 rings (SSSR count). The van der Waals surface area contributed by atoms with Crippen LogP contribution in [-0.2, 0) is 0 Å². The minimum Gasteiger partial charge on any atom is -0.389 e. The molecule has 1 atom stereocenters. The van der Waals surface area contributed by atoms with Crippen molar-refractivity contribution >= 4 is 0 Å². The molecule has 0 aliphatic carbocycles. The molecule has 0 aliphatic heterocycles. The third-order valence-corrected chi connectivity index (χ3v) is 2.47. The molecule has 0 fully saturated rings. The van der Waals surface area contributed by atoms with E-state index in [0.717, 1.165) is 6.42 Å². The Morgan fingerprint density at radius 2 is 2.00 bits per heavy atom. The lowest BCUT2D eigenvalue weighted by molar-refractivity contribution is 0.0760. The SMILES string of the molecule is CCC(NCC(C)(C)O)c1ccccc1F. The van der Waals surface area contributed by atoms with E-state index in [-0.39, 0.29) is 11.9 Å². The van der Waals surface area contributed by atoms with Crippen LogP contribution in [0.1, 0.15) is 38.8 Å². The number of rotatable bonds is 5. The van der Waals surface area contributed by atoms with Crippen LogP contribution in [0, 0.1) is 5.82 Å². The van der Waals surface area contributed by atoms with Gasteiger partial charge >= 0.3 is 0 Å². The van der Waals surface area contributed by atoms with Crippen LogP contribution >= 0.6 is 0 Å². The fourth-order valence-electron chi connectivity index (χ4n) is 1.60. The van der Waals surface area contributed by atoms with Crippen LogP contribution < -0.4 is 5.32 Å². The zero-order chi connectivity index (χ0) is 12.2. The first-order valence-corrected chi connectivity index (χ1v) is 5.64. The molecular formula is C13H20FNO. The molecule has 2 N–H and O–H groups in total. The van der Waals surface area contributed by atoms with Crippen molar-refractivity contribution in [3.05, 3.63) is 35.6 Å². The number of halogens is 1. The van der Waals surface area contributed by atoms with Gasteiger partial charge in [-0.25, -0.2) is 4.39 Å². The van der Waals surface area contributed by atoms with Gasteiger partial charge in [0.05, 0.1) is 5.60 Å². The van der Waals surface area contributed by atoms with E-state index in [4.69, 9.17) is 0 Å². The van der Waals surface area contributed by atoms with Crippen LogP contribution in [0.4, 0.5) is 4.39 Å². The minimum atomic E-state index is -0.779. The lowest BCUT2D eigenvalue weighted by Gasteiger charge is -2.24. The van der Waals surface area contributed by atoms with E-state index in [0.29, 0.717) is 12.1 Å². The fourth-order valence-corrected chi connectivity index (χ4v) is 1.60. The van der Waals surface area contributed by atoms with Crippen molar-refractivity contribution in [3.63, 3.8) is 0 Å². The molecule has 0 radical (unpaired) electrons. The van der Waals surface area contributed by atoms with Crippen molar-refractivity contribution in [1.82, 2.24) is 5.32 Å². The third-order valence-electron chi connectivity index (χ3n) is 2.47. The van der Waals surface area contributed by atoms with E-state index in [1.165, 1.54) is 6.07 Å². The molecule has 0 saturated carbocycles. The Kier molecular flexibility index (Phi) is 4.44. The quantitative estimate of drug-likeness (QED) is 0.807. The maximum absolute atomic E-state index is 13.5. The van der Waals surface area contributed by atoms with E-state index < -0.39 is 5.60 Å². The summed E-state index contributed by atoms with van der Waals surface area (Å²) in [4.78, 5) is 0. The Hall–Kier alpha value is -0.930.